The molecule has 0 spiro atoms. The van der Waals surface area contributed by atoms with Crippen LogP contribution in [0.15, 0.2) is 55.1 Å². The molecule has 130 valence electrons. The number of ether oxygens (including phenoxy) is 1. The molecular weight excluding hydrogens is 328 g/mol. The molecule has 2 aromatic carbocycles. The van der Waals surface area contributed by atoms with Gasteiger partial charge in [-0.3, -0.25) is 0 Å². The van der Waals surface area contributed by atoms with E-state index in [1.54, 1.807) is 12.1 Å². The maximum absolute atomic E-state index is 14.3. The largest absolute Gasteiger partial charge is 0.490 e. The molecule has 1 heterocycles. The normalized spacial score (nSPS) is 13.4. The molecule has 0 aliphatic rings. The monoisotopic (exact) mass is 345 g/mol. The van der Waals surface area contributed by atoms with Gasteiger partial charge >= 0.3 is 0 Å². The number of hydrogen-bond acceptors (Lipinski definition) is 4. The third kappa shape index (κ3) is 3.83. The lowest BCUT2D eigenvalue weighted by atomic mass is 9.94. The van der Waals surface area contributed by atoms with E-state index < -0.39 is 17.2 Å². The predicted octanol–water partition coefficient (Wildman–Crippen LogP) is 2.83. The van der Waals surface area contributed by atoms with E-state index in [0.717, 1.165) is 17.7 Å². The van der Waals surface area contributed by atoms with Crippen molar-refractivity contribution >= 4 is 0 Å². The van der Waals surface area contributed by atoms with Gasteiger partial charge in [-0.25, -0.2) is 18.4 Å². The Bertz CT molecular complexity index is 855. The van der Waals surface area contributed by atoms with Crippen LogP contribution in [0.3, 0.4) is 0 Å². The Hall–Kier alpha value is -2.80. The average molecular weight is 345 g/mol. The summed E-state index contributed by atoms with van der Waals surface area (Å²) in [5.41, 5.74) is -0.948. The molecule has 0 aliphatic carbocycles. The van der Waals surface area contributed by atoms with Gasteiger partial charge in [-0.2, -0.15) is 5.10 Å². The summed E-state index contributed by atoms with van der Waals surface area (Å²) in [7, 11) is 0. The van der Waals surface area contributed by atoms with Crippen LogP contribution in [-0.2, 0) is 12.1 Å². The van der Waals surface area contributed by atoms with Crippen molar-refractivity contribution in [3.63, 3.8) is 0 Å². The topological polar surface area (TPSA) is 60.2 Å². The van der Waals surface area contributed by atoms with Crippen LogP contribution in [0.1, 0.15) is 11.1 Å². The summed E-state index contributed by atoms with van der Waals surface area (Å²) in [6, 6.07) is 10.3. The minimum absolute atomic E-state index is 0.0713. The molecule has 3 aromatic rings. The second-order valence-corrected chi connectivity index (χ2v) is 5.80. The third-order valence-corrected chi connectivity index (χ3v) is 3.88. The van der Waals surface area contributed by atoms with E-state index in [1.165, 1.54) is 23.4 Å². The highest BCUT2D eigenvalue weighted by molar-refractivity contribution is 5.32. The molecular formula is C18H17F2N3O2. The van der Waals surface area contributed by atoms with Crippen molar-refractivity contribution < 1.29 is 18.6 Å². The van der Waals surface area contributed by atoms with Crippen LogP contribution in [0.4, 0.5) is 8.78 Å². The number of rotatable bonds is 6. The van der Waals surface area contributed by atoms with Crippen LogP contribution in [0.25, 0.3) is 0 Å². The molecule has 0 saturated heterocycles. The third-order valence-electron chi connectivity index (χ3n) is 3.88. The van der Waals surface area contributed by atoms with E-state index in [1.807, 2.05) is 19.1 Å². The van der Waals surface area contributed by atoms with Gasteiger partial charge in [0, 0.05) is 11.6 Å². The molecule has 25 heavy (non-hydrogen) atoms. The van der Waals surface area contributed by atoms with Gasteiger partial charge in [0.25, 0.3) is 0 Å². The number of benzene rings is 2. The van der Waals surface area contributed by atoms with Gasteiger partial charge in [-0.15, -0.1) is 0 Å². The Balaban J connectivity index is 1.92. The first-order valence-electron chi connectivity index (χ1n) is 7.67. The lowest BCUT2D eigenvalue weighted by molar-refractivity contribution is -0.0299. The molecule has 5 nitrogen and oxygen atoms in total. The van der Waals surface area contributed by atoms with Crippen LogP contribution < -0.4 is 4.74 Å². The van der Waals surface area contributed by atoms with Crippen LogP contribution in [-0.4, -0.2) is 26.5 Å². The second kappa shape index (κ2) is 6.98. The summed E-state index contributed by atoms with van der Waals surface area (Å²) in [5, 5.41) is 15.0. The highest BCUT2D eigenvalue weighted by atomic mass is 19.1. The van der Waals surface area contributed by atoms with Gasteiger partial charge < -0.3 is 9.84 Å². The zero-order valence-corrected chi connectivity index (χ0v) is 13.6. The standard InChI is InChI=1S/C18H17F2N3O2/c1-13-4-2-3-5-17(13)25-10-18(24,9-23-12-21-11-22-23)15-7-6-14(19)8-16(15)20/h2-8,11-12,24H,9-10H2,1H3. The molecule has 0 saturated carbocycles. The summed E-state index contributed by atoms with van der Waals surface area (Å²) < 4.78 is 34.6. The minimum Gasteiger partial charge on any atom is -0.490 e. The molecule has 0 fully saturated rings. The van der Waals surface area contributed by atoms with Crippen molar-refractivity contribution in [2.24, 2.45) is 0 Å². The SMILES string of the molecule is Cc1ccccc1OCC(O)(Cn1cncn1)c1ccc(F)cc1F. The molecule has 0 radical (unpaired) electrons. The van der Waals surface area contributed by atoms with Crippen LogP contribution in [0.2, 0.25) is 0 Å². The van der Waals surface area contributed by atoms with Gasteiger partial charge in [0.05, 0.1) is 6.54 Å². The van der Waals surface area contributed by atoms with Crippen molar-refractivity contribution in [1.29, 1.82) is 0 Å². The van der Waals surface area contributed by atoms with E-state index in [-0.39, 0.29) is 18.7 Å². The van der Waals surface area contributed by atoms with E-state index in [4.69, 9.17) is 4.74 Å². The minimum atomic E-state index is -1.76. The van der Waals surface area contributed by atoms with E-state index in [2.05, 4.69) is 10.1 Å². The Kier molecular flexibility index (Phi) is 4.76. The molecule has 3 rings (SSSR count). The number of nitrogens with zero attached hydrogens (tertiary/aromatic N) is 3. The van der Waals surface area contributed by atoms with Crippen molar-refractivity contribution in [3.8, 4) is 5.75 Å². The molecule has 7 heteroatoms. The number of para-hydroxylation sites is 1. The Morgan fingerprint density at radius 1 is 1.20 bits per heavy atom. The Morgan fingerprint density at radius 2 is 2.00 bits per heavy atom. The van der Waals surface area contributed by atoms with Crippen LogP contribution in [0.5, 0.6) is 5.75 Å². The summed E-state index contributed by atoms with van der Waals surface area (Å²) in [4.78, 5) is 3.82. The molecule has 1 atom stereocenters. The molecule has 0 aliphatic heterocycles. The highest BCUT2D eigenvalue weighted by Crippen LogP contribution is 2.28. The molecule has 1 N–H and O–H groups in total. The fourth-order valence-electron chi connectivity index (χ4n) is 2.57. The Morgan fingerprint density at radius 3 is 2.68 bits per heavy atom. The Labute approximate surface area is 143 Å². The van der Waals surface area contributed by atoms with Crippen molar-refractivity contribution in [1.82, 2.24) is 14.8 Å². The lowest BCUT2D eigenvalue weighted by Gasteiger charge is -2.29. The summed E-state index contributed by atoms with van der Waals surface area (Å²) in [5.74, 6) is -0.998. The summed E-state index contributed by atoms with van der Waals surface area (Å²) in [6.07, 6.45) is 2.71. The van der Waals surface area contributed by atoms with Gasteiger partial charge in [0.2, 0.25) is 0 Å². The fraction of sp³-hybridized carbons (Fsp3) is 0.222. The van der Waals surface area contributed by atoms with Crippen molar-refractivity contribution in [3.05, 3.63) is 77.9 Å². The quantitative estimate of drug-likeness (QED) is 0.746. The average Bonchev–Trinajstić information content (AvgIpc) is 3.06. The number of hydrogen-bond donors (Lipinski definition) is 1. The fourth-order valence-corrected chi connectivity index (χ4v) is 2.57. The van der Waals surface area contributed by atoms with Crippen molar-refractivity contribution in [2.45, 2.75) is 19.1 Å². The van der Waals surface area contributed by atoms with Gasteiger partial charge in [0.1, 0.15) is 42.2 Å². The number of aromatic nitrogens is 3. The number of halogens is 2. The zero-order chi connectivity index (χ0) is 17.9. The molecule has 1 unspecified atom stereocenters. The number of aliphatic hydroxyl groups is 1. The second-order valence-electron chi connectivity index (χ2n) is 5.80. The van der Waals surface area contributed by atoms with Crippen LogP contribution >= 0.6 is 0 Å². The zero-order valence-electron chi connectivity index (χ0n) is 13.6. The highest BCUT2D eigenvalue weighted by Gasteiger charge is 2.34. The van der Waals surface area contributed by atoms with Crippen molar-refractivity contribution in [2.75, 3.05) is 6.61 Å². The molecule has 0 amide bonds. The lowest BCUT2D eigenvalue weighted by Crippen LogP contribution is -2.39. The first-order valence-corrected chi connectivity index (χ1v) is 7.67. The van der Waals surface area contributed by atoms with E-state index >= 15 is 0 Å². The molecule has 1 aromatic heterocycles. The van der Waals surface area contributed by atoms with Gasteiger partial charge in [-0.1, -0.05) is 24.3 Å². The van der Waals surface area contributed by atoms with E-state index in [0.29, 0.717) is 5.75 Å². The maximum Gasteiger partial charge on any atom is 0.146 e. The number of aryl methyl sites for hydroxylation is 1. The van der Waals surface area contributed by atoms with Crippen LogP contribution in [0, 0.1) is 18.6 Å². The maximum atomic E-state index is 14.3. The summed E-state index contributed by atoms with van der Waals surface area (Å²) in [6.45, 7) is 1.53. The van der Waals surface area contributed by atoms with Gasteiger partial charge in [0.15, 0.2) is 0 Å². The molecule has 0 bridgehead atoms. The predicted molar refractivity (Wildman–Crippen MR) is 87.0 cm³/mol. The van der Waals surface area contributed by atoms with Gasteiger partial charge in [-0.05, 0) is 24.6 Å². The first-order chi connectivity index (χ1) is 12.0. The smallest absolute Gasteiger partial charge is 0.146 e. The van der Waals surface area contributed by atoms with E-state index in [9.17, 15) is 13.9 Å². The first kappa shape index (κ1) is 17.0. The summed E-state index contributed by atoms with van der Waals surface area (Å²) >= 11 is 0.